The number of rotatable bonds is 6. The number of nitriles is 1. The maximum absolute atomic E-state index is 12.0. The van der Waals surface area contributed by atoms with Gasteiger partial charge in [-0.3, -0.25) is 9.59 Å². The summed E-state index contributed by atoms with van der Waals surface area (Å²) in [5.74, 6) is -0.426. The van der Waals surface area contributed by atoms with Gasteiger partial charge in [0.1, 0.15) is 0 Å². The van der Waals surface area contributed by atoms with Crippen molar-refractivity contribution in [3.05, 3.63) is 64.7 Å². The molecule has 0 unspecified atom stereocenters. The molecule has 0 radical (unpaired) electrons. The van der Waals surface area contributed by atoms with Gasteiger partial charge in [0, 0.05) is 12.1 Å². The van der Waals surface area contributed by atoms with E-state index in [1.165, 1.54) is 0 Å². The molecular weight excluding hydrogens is 314 g/mol. The van der Waals surface area contributed by atoms with Crippen molar-refractivity contribution in [1.82, 2.24) is 5.32 Å². The van der Waals surface area contributed by atoms with Gasteiger partial charge < -0.3 is 10.6 Å². The maximum atomic E-state index is 12.0. The molecule has 25 heavy (non-hydrogen) atoms. The monoisotopic (exact) mass is 335 g/mol. The van der Waals surface area contributed by atoms with Crippen LogP contribution in [0.15, 0.2) is 42.5 Å². The van der Waals surface area contributed by atoms with Gasteiger partial charge in [-0.25, -0.2) is 0 Å². The number of para-hydroxylation sites is 1. The topological polar surface area (TPSA) is 82.0 Å². The van der Waals surface area contributed by atoms with Crippen molar-refractivity contribution in [3.63, 3.8) is 0 Å². The van der Waals surface area contributed by atoms with Crippen LogP contribution < -0.4 is 10.6 Å². The lowest BCUT2D eigenvalue weighted by Crippen LogP contribution is -2.33. The van der Waals surface area contributed by atoms with Gasteiger partial charge in [-0.15, -0.1) is 0 Å². The zero-order valence-corrected chi connectivity index (χ0v) is 14.4. The Hall–Kier alpha value is -3.13. The molecule has 0 aliphatic heterocycles. The van der Waals surface area contributed by atoms with Gasteiger partial charge >= 0.3 is 0 Å². The van der Waals surface area contributed by atoms with Crippen LogP contribution in [0.25, 0.3) is 0 Å². The zero-order valence-electron chi connectivity index (χ0n) is 14.4. The fourth-order valence-corrected chi connectivity index (χ4v) is 2.47. The van der Waals surface area contributed by atoms with Crippen molar-refractivity contribution in [2.24, 2.45) is 0 Å². The third-order valence-corrected chi connectivity index (χ3v) is 3.92. The number of hydrogen-bond donors (Lipinski definition) is 2. The second-order valence-corrected chi connectivity index (χ2v) is 5.90. The van der Waals surface area contributed by atoms with Crippen LogP contribution in [0.5, 0.6) is 0 Å². The Morgan fingerprint density at radius 2 is 1.64 bits per heavy atom. The summed E-state index contributed by atoms with van der Waals surface area (Å²) in [6.45, 7) is 3.80. The summed E-state index contributed by atoms with van der Waals surface area (Å²) >= 11 is 0. The average Bonchev–Trinajstić information content (AvgIpc) is 2.62. The molecule has 2 N–H and O–H groups in total. The summed E-state index contributed by atoms with van der Waals surface area (Å²) in [4.78, 5) is 23.9. The average molecular weight is 335 g/mol. The first-order valence-electron chi connectivity index (χ1n) is 8.11. The summed E-state index contributed by atoms with van der Waals surface area (Å²) < 4.78 is 0. The van der Waals surface area contributed by atoms with Gasteiger partial charge in [0.25, 0.3) is 0 Å². The first kappa shape index (κ1) is 18.2. The standard InChI is InChI=1S/C20H21N3O2/c1-14-4-3-5-15(2)20(14)23-19(25)13-22-18(24)11-10-16-6-8-17(12-21)9-7-16/h3-9H,10-11,13H2,1-2H3,(H,22,24)(H,23,25). The van der Waals surface area contributed by atoms with E-state index in [2.05, 4.69) is 16.7 Å². The lowest BCUT2D eigenvalue weighted by molar-refractivity contribution is -0.124. The Labute approximate surface area is 147 Å². The van der Waals surface area contributed by atoms with E-state index >= 15 is 0 Å². The second-order valence-electron chi connectivity index (χ2n) is 5.90. The van der Waals surface area contributed by atoms with Crippen molar-refractivity contribution >= 4 is 17.5 Å². The minimum atomic E-state index is -0.246. The van der Waals surface area contributed by atoms with Gasteiger partial charge in [-0.05, 0) is 49.1 Å². The highest BCUT2D eigenvalue weighted by molar-refractivity contribution is 5.95. The van der Waals surface area contributed by atoms with E-state index in [4.69, 9.17) is 5.26 Å². The number of nitrogens with zero attached hydrogens (tertiary/aromatic N) is 1. The van der Waals surface area contributed by atoms with E-state index in [1.807, 2.05) is 44.2 Å². The van der Waals surface area contributed by atoms with Crippen LogP contribution >= 0.6 is 0 Å². The summed E-state index contributed by atoms with van der Waals surface area (Å²) in [5, 5.41) is 14.2. The van der Waals surface area contributed by atoms with E-state index in [1.54, 1.807) is 12.1 Å². The lowest BCUT2D eigenvalue weighted by atomic mass is 10.1. The van der Waals surface area contributed by atoms with Gasteiger partial charge in [0.05, 0.1) is 18.2 Å². The first-order chi connectivity index (χ1) is 12.0. The van der Waals surface area contributed by atoms with Gasteiger partial charge in [-0.1, -0.05) is 30.3 Å². The lowest BCUT2D eigenvalue weighted by Gasteiger charge is -2.12. The first-order valence-corrected chi connectivity index (χ1v) is 8.11. The number of nitrogens with one attached hydrogen (secondary N) is 2. The third kappa shape index (κ3) is 5.47. The number of carbonyl (C=O) groups is 2. The highest BCUT2D eigenvalue weighted by Crippen LogP contribution is 2.18. The van der Waals surface area contributed by atoms with Crippen molar-refractivity contribution in [1.29, 1.82) is 5.26 Å². The molecule has 0 saturated carbocycles. The van der Waals surface area contributed by atoms with Crippen LogP contribution in [0.2, 0.25) is 0 Å². The molecule has 128 valence electrons. The normalized spacial score (nSPS) is 9.96. The van der Waals surface area contributed by atoms with Crippen molar-refractivity contribution in [3.8, 4) is 6.07 Å². The highest BCUT2D eigenvalue weighted by atomic mass is 16.2. The van der Waals surface area contributed by atoms with Gasteiger partial charge in [0.15, 0.2) is 0 Å². The minimum Gasteiger partial charge on any atom is -0.347 e. The molecule has 0 heterocycles. The molecule has 0 aromatic heterocycles. The van der Waals surface area contributed by atoms with E-state index in [-0.39, 0.29) is 18.4 Å². The molecule has 2 aromatic rings. The molecule has 2 rings (SSSR count). The van der Waals surface area contributed by atoms with Crippen LogP contribution in [-0.4, -0.2) is 18.4 Å². The second kappa shape index (κ2) is 8.65. The van der Waals surface area contributed by atoms with Crippen LogP contribution in [0.3, 0.4) is 0 Å². The zero-order chi connectivity index (χ0) is 18.2. The van der Waals surface area contributed by atoms with Crippen molar-refractivity contribution < 1.29 is 9.59 Å². The Balaban J connectivity index is 1.77. The van der Waals surface area contributed by atoms with E-state index in [0.717, 1.165) is 22.4 Å². The van der Waals surface area contributed by atoms with Crippen LogP contribution in [-0.2, 0) is 16.0 Å². The predicted octanol–water partition coefficient (Wildman–Crippen LogP) is 2.86. The molecule has 0 bridgehead atoms. The Morgan fingerprint density at radius 1 is 1.00 bits per heavy atom. The molecule has 0 fully saturated rings. The summed E-state index contributed by atoms with van der Waals surface area (Å²) in [6.07, 6.45) is 0.860. The molecule has 0 aliphatic carbocycles. The fraction of sp³-hybridized carbons (Fsp3) is 0.250. The molecule has 2 amide bonds. The maximum Gasteiger partial charge on any atom is 0.243 e. The molecule has 0 spiro atoms. The van der Waals surface area contributed by atoms with E-state index in [0.29, 0.717) is 18.4 Å². The third-order valence-electron chi connectivity index (χ3n) is 3.92. The van der Waals surface area contributed by atoms with Crippen LogP contribution in [0.4, 0.5) is 5.69 Å². The molecule has 5 nitrogen and oxygen atoms in total. The molecule has 0 aliphatic rings. The molecule has 0 atom stereocenters. The number of hydrogen-bond acceptors (Lipinski definition) is 3. The summed E-state index contributed by atoms with van der Waals surface area (Å²) in [7, 11) is 0. The Morgan fingerprint density at radius 3 is 2.24 bits per heavy atom. The van der Waals surface area contributed by atoms with Crippen molar-refractivity contribution in [2.45, 2.75) is 26.7 Å². The number of amides is 2. The largest absolute Gasteiger partial charge is 0.347 e. The van der Waals surface area contributed by atoms with Gasteiger partial charge in [-0.2, -0.15) is 5.26 Å². The van der Waals surface area contributed by atoms with Crippen molar-refractivity contribution in [2.75, 3.05) is 11.9 Å². The van der Waals surface area contributed by atoms with Gasteiger partial charge in [0.2, 0.25) is 11.8 Å². The predicted molar refractivity (Wildman–Crippen MR) is 97.0 cm³/mol. The number of carbonyl (C=O) groups excluding carboxylic acids is 2. The summed E-state index contributed by atoms with van der Waals surface area (Å²) in [5.41, 5.74) is 4.34. The Kier molecular flexibility index (Phi) is 6.30. The van der Waals surface area contributed by atoms with Crippen LogP contribution in [0, 0.1) is 25.2 Å². The molecule has 0 saturated heterocycles. The smallest absolute Gasteiger partial charge is 0.243 e. The number of anilines is 1. The Bertz CT molecular complexity index is 784. The molecule has 5 heteroatoms. The SMILES string of the molecule is Cc1cccc(C)c1NC(=O)CNC(=O)CCc1ccc(C#N)cc1. The fourth-order valence-electron chi connectivity index (χ4n) is 2.47. The summed E-state index contributed by atoms with van der Waals surface area (Å²) in [6, 6.07) is 15.0. The quantitative estimate of drug-likeness (QED) is 0.851. The highest BCUT2D eigenvalue weighted by Gasteiger charge is 2.09. The van der Waals surface area contributed by atoms with E-state index in [9.17, 15) is 9.59 Å². The van der Waals surface area contributed by atoms with Crippen LogP contribution in [0.1, 0.15) is 28.7 Å². The molecular formula is C20H21N3O2. The number of aryl methyl sites for hydroxylation is 3. The van der Waals surface area contributed by atoms with E-state index < -0.39 is 0 Å². The number of benzene rings is 2. The minimum absolute atomic E-state index is 0.0556. The molecule has 2 aromatic carbocycles.